The maximum Gasteiger partial charge on any atom is 0.261 e. The summed E-state index contributed by atoms with van der Waals surface area (Å²) in [7, 11) is 4.50. The highest BCUT2D eigenvalue weighted by Gasteiger charge is 2.40. The van der Waals surface area contributed by atoms with Crippen molar-refractivity contribution in [1.29, 1.82) is 0 Å². The number of carbonyl (C=O) groups is 1. The largest absolute Gasteiger partial charge is 1.00 e. The van der Waals surface area contributed by atoms with E-state index in [1.807, 2.05) is 36.4 Å². The molecule has 1 fully saturated rings. The molecule has 2 aromatic rings. The van der Waals surface area contributed by atoms with E-state index in [1.54, 1.807) is 24.3 Å². The number of carbonyl (C=O) groups excluding carboxylic acids is 1. The van der Waals surface area contributed by atoms with E-state index < -0.39 is 5.60 Å². The van der Waals surface area contributed by atoms with Gasteiger partial charge in [-0.3, -0.25) is 4.79 Å². The molecular weight excluding hydrogens is 451 g/mol. The zero-order valence-electron chi connectivity index (χ0n) is 16.1. The van der Waals surface area contributed by atoms with Gasteiger partial charge in [-0.25, -0.2) is 0 Å². The van der Waals surface area contributed by atoms with Crippen molar-refractivity contribution in [3.05, 3.63) is 71.8 Å². The molecule has 0 unspecified atom stereocenters. The minimum absolute atomic E-state index is 0. The Labute approximate surface area is 179 Å². The average Bonchev–Trinajstić information content (AvgIpc) is 2.67. The summed E-state index contributed by atoms with van der Waals surface area (Å²) in [6.07, 6.45) is 2.20. The smallest absolute Gasteiger partial charge is 0.261 e. The summed E-state index contributed by atoms with van der Waals surface area (Å²) < 4.78 is 1.04. The third kappa shape index (κ3) is 5.09. The lowest BCUT2D eigenvalue weighted by Gasteiger charge is -2.37. The summed E-state index contributed by atoms with van der Waals surface area (Å²) in [5.74, 6) is 0.120. The SMILES string of the molecule is C[N+]1(C)CCC(CNC(=O)C(O)(c2ccccc2)c2ccccc2)CC1.[I-]. The normalized spacial score (nSPS) is 17.0. The fourth-order valence-electron chi connectivity index (χ4n) is 3.68. The second-order valence-electron chi connectivity index (χ2n) is 7.98. The van der Waals surface area contributed by atoms with Crippen LogP contribution >= 0.6 is 0 Å². The first-order chi connectivity index (χ1) is 12.4. The topological polar surface area (TPSA) is 49.3 Å². The maximum atomic E-state index is 13.1. The van der Waals surface area contributed by atoms with Crippen LogP contribution < -0.4 is 29.3 Å². The van der Waals surface area contributed by atoms with Crippen LogP contribution in [0.2, 0.25) is 0 Å². The van der Waals surface area contributed by atoms with Crippen LogP contribution in [0.15, 0.2) is 60.7 Å². The Morgan fingerprint density at radius 2 is 1.44 bits per heavy atom. The Bertz CT molecular complexity index is 685. The zero-order chi connectivity index (χ0) is 18.6. The highest BCUT2D eigenvalue weighted by Crippen LogP contribution is 2.30. The number of quaternary nitrogens is 1. The summed E-state index contributed by atoms with van der Waals surface area (Å²) in [6.45, 7) is 2.87. The predicted molar refractivity (Wildman–Crippen MR) is 103 cm³/mol. The van der Waals surface area contributed by atoms with Gasteiger partial charge in [-0.15, -0.1) is 0 Å². The van der Waals surface area contributed by atoms with E-state index in [0.29, 0.717) is 23.6 Å². The van der Waals surface area contributed by atoms with Crippen molar-refractivity contribution in [1.82, 2.24) is 5.32 Å². The van der Waals surface area contributed by atoms with E-state index in [0.717, 1.165) is 30.4 Å². The second-order valence-corrected chi connectivity index (χ2v) is 7.98. The first-order valence-corrected chi connectivity index (χ1v) is 9.35. The molecule has 0 aliphatic carbocycles. The van der Waals surface area contributed by atoms with Crippen molar-refractivity contribution in [3.63, 3.8) is 0 Å². The average molecular weight is 480 g/mol. The summed E-state index contributed by atoms with van der Waals surface area (Å²) in [5, 5.41) is 14.4. The van der Waals surface area contributed by atoms with Crippen LogP contribution in [-0.4, -0.2) is 49.2 Å². The second kappa shape index (κ2) is 9.17. The molecule has 1 aliphatic heterocycles. The van der Waals surface area contributed by atoms with E-state index in [-0.39, 0.29) is 29.9 Å². The number of benzene rings is 2. The first kappa shape index (κ1) is 21.9. The van der Waals surface area contributed by atoms with Gasteiger partial charge in [0.1, 0.15) is 0 Å². The zero-order valence-corrected chi connectivity index (χ0v) is 18.2. The number of halogens is 1. The summed E-state index contributed by atoms with van der Waals surface area (Å²) in [5.41, 5.74) is -0.498. The molecule has 5 heteroatoms. The Balaban J connectivity index is 0.00000261. The molecular formula is C22H29IN2O2. The quantitative estimate of drug-likeness (QED) is 0.449. The maximum absolute atomic E-state index is 13.1. The lowest BCUT2D eigenvalue weighted by atomic mass is 9.85. The van der Waals surface area contributed by atoms with Crippen molar-refractivity contribution < 1.29 is 38.4 Å². The molecule has 1 amide bonds. The number of nitrogens with zero attached hydrogens (tertiary/aromatic N) is 1. The number of hydrogen-bond donors (Lipinski definition) is 2. The molecule has 2 N–H and O–H groups in total. The molecule has 4 nitrogen and oxygen atoms in total. The summed E-state index contributed by atoms with van der Waals surface area (Å²) >= 11 is 0. The lowest BCUT2D eigenvalue weighted by molar-refractivity contribution is -0.896. The molecule has 2 aromatic carbocycles. The fourth-order valence-corrected chi connectivity index (χ4v) is 3.68. The van der Waals surface area contributed by atoms with Crippen molar-refractivity contribution in [2.45, 2.75) is 18.4 Å². The highest BCUT2D eigenvalue weighted by atomic mass is 127. The molecule has 1 saturated heterocycles. The van der Waals surface area contributed by atoms with Gasteiger partial charge < -0.3 is 38.9 Å². The monoisotopic (exact) mass is 480 g/mol. The molecule has 0 atom stereocenters. The van der Waals surface area contributed by atoms with Crippen LogP contribution in [0.5, 0.6) is 0 Å². The number of amides is 1. The van der Waals surface area contributed by atoms with E-state index in [9.17, 15) is 9.90 Å². The lowest BCUT2D eigenvalue weighted by Crippen LogP contribution is -3.00. The molecule has 0 aromatic heterocycles. The molecule has 3 rings (SSSR count). The minimum atomic E-state index is -1.67. The standard InChI is InChI=1S/C22H28N2O2.HI/c1-24(2)15-13-18(14-16-24)17-23-21(25)22(26,19-9-5-3-6-10-19)20-11-7-4-8-12-20;/h3-12,18,26H,13-17H2,1-2H3;1H. The number of hydrogen-bond acceptors (Lipinski definition) is 2. The fraction of sp³-hybridized carbons (Fsp3) is 0.409. The van der Waals surface area contributed by atoms with Gasteiger partial charge in [0.15, 0.2) is 5.60 Å². The molecule has 0 radical (unpaired) electrons. The van der Waals surface area contributed by atoms with Gasteiger partial charge in [0, 0.05) is 19.4 Å². The van der Waals surface area contributed by atoms with Gasteiger partial charge in [0.25, 0.3) is 5.91 Å². The molecule has 1 aliphatic rings. The van der Waals surface area contributed by atoms with Crippen molar-refractivity contribution in [2.24, 2.45) is 5.92 Å². The van der Waals surface area contributed by atoms with Crippen LogP contribution in [0.1, 0.15) is 24.0 Å². The number of aliphatic hydroxyl groups is 1. The van der Waals surface area contributed by atoms with Gasteiger partial charge in [0.2, 0.25) is 0 Å². The molecule has 0 saturated carbocycles. The number of nitrogens with one attached hydrogen (secondary N) is 1. The highest BCUT2D eigenvalue weighted by molar-refractivity contribution is 5.90. The van der Waals surface area contributed by atoms with Crippen molar-refractivity contribution in [3.8, 4) is 0 Å². The summed E-state index contributed by atoms with van der Waals surface area (Å²) in [4.78, 5) is 13.1. The number of likely N-dealkylation sites (tertiary alicyclic amines) is 1. The molecule has 0 bridgehead atoms. The van der Waals surface area contributed by atoms with Crippen LogP contribution in [0.3, 0.4) is 0 Å². The van der Waals surface area contributed by atoms with Crippen molar-refractivity contribution in [2.75, 3.05) is 33.7 Å². The molecule has 27 heavy (non-hydrogen) atoms. The van der Waals surface area contributed by atoms with Crippen LogP contribution in [0.25, 0.3) is 0 Å². The predicted octanol–water partition coefficient (Wildman–Crippen LogP) is -0.471. The Kier molecular flexibility index (Phi) is 7.42. The van der Waals surface area contributed by atoms with Gasteiger partial charge >= 0.3 is 0 Å². The molecule has 1 heterocycles. The van der Waals surface area contributed by atoms with Crippen LogP contribution in [0.4, 0.5) is 0 Å². The minimum Gasteiger partial charge on any atom is -1.00 e. The first-order valence-electron chi connectivity index (χ1n) is 9.35. The number of rotatable bonds is 5. The molecule has 0 spiro atoms. The van der Waals surface area contributed by atoms with E-state index in [2.05, 4.69) is 19.4 Å². The third-order valence-corrected chi connectivity index (χ3v) is 5.55. The van der Waals surface area contributed by atoms with Crippen molar-refractivity contribution >= 4 is 5.91 Å². The van der Waals surface area contributed by atoms with Gasteiger partial charge in [0.05, 0.1) is 27.2 Å². The van der Waals surface area contributed by atoms with E-state index in [4.69, 9.17) is 0 Å². The van der Waals surface area contributed by atoms with Gasteiger partial charge in [-0.1, -0.05) is 60.7 Å². The van der Waals surface area contributed by atoms with Crippen LogP contribution in [0, 0.1) is 5.92 Å². The molecule has 146 valence electrons. The van der Waals surface area contributed by atoms with Crippen LogP contribution in [-0.2, 0) is 10.4 Å². The van der Waals surface area contributed by atoms with Gasteiger partial charge in [-0.2, -0.15) is 0 Å². The number of piperidine rings is 1. The Morgan fingerprint density at radius 3 is 1.89 bits per heavy atom. The Hall–Kier alpha value is -1.44. The third-order valence-electron chi connectivity index (χ3n) is 5.55. The van der Waals surface area contributed by atoms with E-state index >= 15 is 0 Å². The van der Waals surface area contributed by atoms with Gasteiger partial charge in [-0.05, 0) is 17.0 Å². The Morgan fingerprint density at radius 1 is 1.00 bits per heavy atom. The summed E-state index contributed by atoms with van der Waals surface area (Å²) in [6, 6.07) is 18.3. The van der Waals surface area contributed by atoms with E-state index in [1.165, 1.54) is 0 Å².